The van der Waals surface area contributed by atoms with E-state index in [2.05, 4.69) is 10.6 Å². The Morgan fingerprint density at radius 2 is 1.67 bits per heavy atom. The number of hydrogen-bond acceptors (Lipinski definition) is 3. The summed E-state index contributed by atoms with van der Waals surface area (Å²) in [6.45, 7) is 7.14. The van der Waals surface area contributed by atoms with Crippen LogP contribution >= 0.6 is 0 Å². The number of nitrogens with two attached hydrogens (primary N) is 1. The van der Waals surface area contributed by atoms with Gasteiger partial charge in [-0.2, -0.15) is 0 Å². The van der Waals surface area contributed by atoms with Crippen LogP contribution in [0.4, 0.5) is 0 Å². The minimum atomic E-state index is -0.515. The van der Waals surface area contributed by atoms with Crippen LogP contribution in [-0.4, -0.2) is 29.9 Å². The van der Waals surface area contributed by atoms with E-state index in [1.807, 2.05) is 13.8 Å². The summed E-state index contributed by atoms with van der Waals surface area (Å²) in [7, 11) is 0. The minimum Gasteiger partial charge on any atom is -0.352 e. The molecule has 2 atom stereocenters. The predicted molar refractivity (Wildman–Crippen MR) is 59.1 cm³/mol. The second kappa shape index (κ2) is 6.40. The van der Waals surface area contributed by atoms with E-state index in [0.29, 0.717) is 0 Å². The first kappa shape index (κ1) is 13.9. The van der Waals surface area contributed by atoms with Crippen molar-refractivity contribution in [2.24, 2.45) is 5.73 Å². The first-order valence-electron chi connectivity index (χ1n) is 5.18. The van der Waals surface area contributed by atoms with Gasteiger partial charge in [-0.3, -0.25) is 9.59 Å². The number of carbonyl (C=O) groups excluding carboxylic acids is 2. The van der Waals surface area contributed by atoms with Gasteiger partial charge in [-0.15, -0.1) is 0 Å². The van der Waals surface area contributed by atoms with Gasteiger partial charge in [0.1, 0.15) is 6.04 Å². The van der Waals surface area contributed by atoms with Crippen LogP contribution in [-0.2, 0) is 9.59 Å². The second-order valence-corrected chi connectivity index (χ2v) is 4.13. The number of nitrogens with one attached hydrogen (secondary N) is 2. The summed E-state index contributed by atoms with van der Waals surface area (Å²) < 4.78 is 0. The molecule has 0 aromatic heterocycles. The summed E-state index contributed by atoms with van der Waals surface area (Å²) in [4.78, 5) is 22.7. The van der Waals surface area contributed by atoms with Gasteiger partial charge in [-0.05, 0) is 27.7 Å². The lowest BCUT2D eigenvalue weighted by Gasteiger charge is -2.16. The van der Waals surface area contributed by atoms with E-state index in [1.54, 1.807) is 13.8 Å². The molecule has 5 heteroatoms. The zero-order valence-electron chi connectivity index (χ0n) is 9.83. The molecule has 0 radical (unpaired) electrons. The fourth-order valence-electron chi connectivity index (χ4n) is 1.07. The Labute approximate surface area is 90.8 Å². The van der Waals surface area contributed by atoms with Crippen LogP contribution in [0.3, 0.4) is 0 Å². The van der Waals surface area contributed by atoms with Crippen LogP contribution in [0.2, 0.25) is 0 Å². The van der Waals surface area contributed by atoms with Crippen molar-refractivity contribution in [2.45, 2.75) is 52.2 Å². The molecule has 2 unspecified atom stereocenters. The molecule has 5 nitrogen and oxygen atoms in total. The highest BCUT2D eigenvalue weighted by molar-refractivity contribution is 5.87. The van der Waals surface area contributed by atoms with Gasteiger partial charge in [0, 0.05) is 18.5 Å². The van der Waals surface area contributed by atoms with E-state index in [4.69, 9.17) is 5.73 Å². The number of carbonyl (C=O) groups is 2. The molecule has 4 N–H and O–H groups in total. The predicted octanol–water partition coefficient (Wildman–Crippen LogP) is -0.247. The van der Waals surface area contributed by atoms with Gasteiger partial charge in [0.2, 0.25) is 11.8 Å². The second-order valence-electron chi connectivity index (χ2n) is 4.13. The quantitative estimate of drug-likeness (QED) is 0.591. The third kappa shape index (κ3) is 6.90. The Bertz CT molecular complexity index is 227. The molecule has 0 rings (SSSR count). The Kier molecular flexibility index (Phi) is 5.93. The van der Waals surface area contributed by atoms with Gasteiger partial charge in [0.05, 0.1) is 0 Å². The maximum absolute atomic E-state index is 11.4. The Morgan fingerprint density at radius 1 is 1.13 bits per heavy atom. The van der Waals surface area contributed by atoms with E-state index in [0.717, 1.165) is 0 Å². The molecule has 2 amide bonds. The van der Waals surface area contributed by atoms with Gasteiger partial charge in [-0.25, -0.2) is 0 Å². The molecule has 0 aliphatic carbocycles. The van der Waals surface area contributed by atoms with Crippen LogP contribution in [0.1, 0.15) is 34.1 Å². The summed E-state index contributed by atoms with van der Waals surface area (Å²) in [5.41, 5.74) is 5.46. The van der Waals surface area contributed by atoms with Crippen molar-refractivity contribution in [3.05, 3.63) is 0 Å². The third-order valence-electron chi connectivity index (χ3n) is 1.71. The molecule has 0 aliphatic rings. The topological polar surface area (TPSA) is 84.2 Å². The molecule has 0 aromatic carbocycles. The van der Waals surface area contributed by atoms with Gasteiger partial charge >= 0.3 is 0 Å². The van der Waals surface area contributed by atoms with Gasteiger partial charge in [-0.1, -0.05) is 0 Å². The van der Waals surface area contributed by atoms with Crippen molar-refractivity contribution in [3.8, 4) is 0 Å². The largest absolute Gasteiger partial charge is 0.352 e. The van der Waals surface area contributed by atoms with Gasteiger partial charge in [0.25, 0.3) is 0 Å². The van der Waals surface area contributed by atoms with Crippen molar-refractivity contribution < 1.29 is 9.59 Å². The highest BCUT2D eigenvalue weighted by Crippen LogP contribution is 1.90. The van der Waals surface area contributed by atoms with Crippen LogP contribution < -0.4 is 16.4 Å². The van der Waals surface area contributed by atoms with E-state index in [9.17, 15) is 9.59 Å². The summed E-state index contributed by atoms with van der Waals surface area (Å²) in [5.74, 6) is -0.376. The lowest BCUT2D eigenvalue weighted by molar-refractivity contribution is -0.129. The smallest absolute Gasteiger partial charge is 0.242 e. The molecule has 0 aliphatic heterocycles. The molecule has 0 spiro atoms. The van der Waals surface area contributed by atoms with Crippen LogP contribution in [0.25, 0.3) is 0 Å². The summed E-state index contributed by atoms with van der Waals surface area (Å²) in [6, 6.07) is -0.630. The monoisotopic (exact) mass is 215 g/mol. The lowest BCUT2D eigenvalue weighted by Crippen LogP contribution is -2.47. The summed E-state index contributed by atoms with van der Waals surface area (Å²) in [6.07, 6.45) is 0.235. The van der Waals surface area contributed by atoms with Gasteiger partial charge in [0.15, 0.2) is 0 Å². The molecule has 0 saturated carbocycles. The lowest BCUT2D eigenvalue weighted by atomic mass is 10.2. The third-order valence-corrected chi connectivity index (χ3v) is 1.71. The molecule has 0 fully saturated rings. The molecule has 0 heterocycles. The first-order valence-corrected chi connectivity index (χ1v) is 5.18. The molecule has 15 heavy (non-hydrogen) atoms. The molecular formula is C10H21N3O2. The molecule has 88 valence electrons. The molecule has 0 saturated heterocycles. The van der Waals surface area contributed by atoms with Crippen molar-refractivity contribution in [1.82, 2.24) is 10.6 Å². The van der Waals surface area contributed by atoms with Crippen LogP contribution in [0, 0.1) is 0 Å². The number of rotatable bonds is 5. The maximum atomic E-state index is 11.4. The Hall–Kier alpha value is -1.10. The van der Waals surface area contributed by atoms with Crippen molar-refractivity contribution in [2.75, 3.05) is 0 Å². The Morgan fingerprint density at radius 3 is 2.07 bits per heavy atom. The Balaban J connectivity index is 3.96. The standard InChI is InChI=1S/C10H21N3O2/c1-6(2)12-10(15)8(4)13-9(14)5-7(3)11/h6-8H,5,11H2,1-4H3,(H,12,15)(H,13,14). The average Bonchev–Trinajstić information content (AvgIpc) is 2.00. The summed E-state index contributed by atoms with van der Waals surface area (Å²) >= 11 is 0. The number of amides is 2. The number of hydrogen-bond donors (Lipinski definition) is 3. The summed E-state index contributed by atoms with van der Waals surface area (Å²) in [5, 5.41) is 5.30. The minimum absolute atomic E-state index is 0.0743. The zero-order chi connectivity index (χ0) is 12.0. The highest BCUT2D eigenvalue weighted by Gasteiger charge is 2.16. The van der Waals surface area contributed by atoms with E-state index in [-0.39, 0.29) is 30.3 Å². The molecular weight excluding hydrogens is 194 g/mol. The fraction of sp³-hybridized carbons (Fsp3) is 0.800. The van der Waals surface area contributed by atoms with E-state index < -0.39 is 6.04 Å². The van der Waals surface area contributed by atoms with Crippen molar-refractivity contribution in [1.29, 1.82) is 0 Å². The zero-order valence-corrected chi connectivity index (χ0v) is 9.83. The highest BCUT2D eigenvalue weighted by atomic mass is 16.2. The molecule has 0 bridgehead atoms. The molecule has 0 aromatic rings. The maximum Gasteiger partial charge on any atom is 0.242 e. The van der Waals surface area contributed by atoms with E-state index >= 15 is 0 Å². The SMILES string of the molecule is CC(N)CC(=O)NC(C)C(=O)NC(C)C. The van der Waals surface area contributed by atoms with Crippen LogP contribution in [0.5, 0.6) is 0 Å². The first-order chi connectivity index (χ1) is 6.82. The van der Waals surface area contributed by atoms with Crippen LogP contribution in [0.15, 0.2) is 0 Å². The average molecular weight is 215 g/mol. The van der Waals surface area contributed by atoms with Crippen molar-refractivity contribution >= 4 is 11.8 Å². The van der Waals surface area contributed by atoms with Crippen molar-refractivity contribution in [3.63, 3.8) is 0 Å². The van der Waals surface area contributed by atoms with Gasteiger partial charge < -0.3 is 16.4 Å². The fourth-order valence-corrected chi connectivity index (χ4v) is 1.07. The van der Waals surface area contributed by atoms with E-state index in [1.165, 1.54) is 0 Å². The normalized spacial score (nSPS) is 14.5.